The molecular weight excluding hydrogens is 256 g/mol. The number of fused-ring (bicyclic) bond motifs is 1. The lowest BCUT2D eigenvalue weighted by Gasteiger charge is -2.13. The molecule has 19 heavy (non-hydrogen) atoms. The van der Waals surface area contributed by atoms with Crippen molar-refractivity contribution in [3.8, 4) is 0 Å². The molecule has 2 aromatic rings. The molecule has 4 nitrogen and oxygen atoms in total. The molecule has 1 unspecified atom stereocenters. The van der Waals surface area contributed by atoms with Crippen LogP contribution in [0.25, 0.3) is 0 Å². The Bertz CT molecular complexity index is 534. The summed E-state index contributed by atoms with van der Waals surface area (Å²) in [6, 6.07) is 2.59. The van der Waals surface area contributed by atoms with Crippen molar-refractivity contribution < 1.29 is 0 Å². The number of aryl methyl sites for hydroxylation is 3. The molecule has 102 valence electrons. The van der Waals surface area contributed by atoms with Crippen molar-refractivity contribution in [3.05, 3.63) is 33.3 Å². The number of hydrogen-bond acceptors (Lipinski definition) is 4. The predicted octanol–water partition coefficient (Wildman–Crippen LogP) is 2.45. The quantitative estimate of drug-likeness (QED) is 0.876. The number of hydrogen-bond donors (Lipinski definition) is 1. The van der Waals surface area contributed by atoms with E-state index in [1.54, 1.807) is 10.4 Å². The van der Waals surface area contributed by atoms with Gasteiger partial charge in [0.1, 0.15) is 0 Å². The molecule has 5 heteroatoms. The standard InChI is InChI=1S/C14H20N4S/c1-15-14(11-9-16-17-18(11)2)13-8-10-6-4-3-5-7-12(10)19-13/h8-9,14-15H,3-7H2,1-2H3. The molecule has 2 aromatic heterocycles. The van der Waals surface area contributed by atoms with E-state index in [1.807, 2.05) is 36.3 Å². The second kappa shape index (κ2) is 5.43. The van der Waals surface area contributed by atoms with E-state index in [4.69, 9.17) is 0 Å². The van der Waals surface area contributed by atoms with E-state index in [1.165, 1.54) is 37.0 Å². The van der Waals surface area contributed by atoms with E-state index in [0.717, 1.165) is 5.69 Å². The second-order valence-electron chi connectivity index (χ2n) is 5.16. The number of nitrogens with one attached hydrogen (secondary N) is 1. The minimum absolute atomic E-state index is 0.205. The second-order valence-corrected chi connectivity index (χ2v) is 6.33. The van der Waals surface area contributed by atoms with Crippen LogP contribution in [0.15, 0.2) is 12.3 Å². The maximum Gasteiger partial charge on any atom is 0.0856 e. The maximum absolute atomic E-state index is 4.04. The van der Waals surface area contributed by atoms with E-state index in [-0.39, 0.29) is 6.04 Å². The number of rotatable bonds is 3. The van der Waals surface area contributed by atoms with E-state index in [0.29, 0.717) is 0 Å². The Morgan fingerprint density at radius 3 is 2.89 bits per heavy atom. The van der Waals surface area contributed by atoms with Gasteiger partial charge in [0, 0.05) is 16.8 Å². The van der Waals surface area contributed by atoms with Crippen molar-refractivity contribution in [2.24, 2.45) is 7.05 Å². The van der Waals surface area contributed by atoms with Gasteiger partial charge in [-0.3, -0.25) is 4.68 Å². The van der Waals surface area contributed by atoms with Crippen LogP contribution in [0.2, 0.25) is 0 Å². The van der Waals surface area contributed by atoms with Gasteiger partial charge < -0.3 is 5.32 Å². The number of aromatic nitrogens is 3. The highest BCUT2D eigenvalue weighted by molar-refractivity contribution is 7.12. The highest BCUT2D eigenvalue weighted by atomic mass is 32.1. The van der Waals surface area contributed by atoms with Crippen LogP contribution in [0.5, 0.6) is 0 Å². The molecule has 0 saturated carbocycles. The Balaban J connectivity index is 1.94. The molecule has 0 aromatic carbocycles. The molecule has 0 fully saturated rings. The highest BCUT2D eigenvalue weighted by Crippen LogP contribution is 2.34. The van der Waals surface area contributed by atoms with E-state index in [9.17, 15) is 0 Å². The van der Waals surface area contributed by atoms with Gasteiger partial charge in [0.05, 0.1) is 17.9 Å². The van der Waals surface area contributed by atoms with E-state index >= 15 is 0 Å². The van der Waals surface area contributed by atoms with Crippen molar-refractivity contribution in [2.75, 3.05) is 7.05 Å². The van der Waals surface area contributed by atoms with Gasteiger partial charge in [-0.15, -0.1) is 16.4 Å². The van der Waals surface area contributed by atoms with Crippen LogP contribution in [0, 0.1) is 0 Å². The Morgan fingerprint density at radius 2 is 2.16 bits per heavy atom. The van der Waals surface area contributed by atoms with Gasteiger partial charge >= 0.3 is 0 Å². The Labute approximate surface area is 117 Å². The van der Waals surface area contributed by atoms with Gasteiger partial charge in [0.2, 0.25) is 0 Å². The van der Waals surface area contributed by atoms with Crippen molar-refractivity contribution in [3.63, 3.8) is 0 Å². The van der Waals surface area contributed by atoms with Crippen molar-refractivity contribution in [1.82, 2.24) is 20.3 Å². The van der Waals surface area contributed by atoms with Gasteiger partial charge in [-0.25, -0.2) is 0 Å². The van der Waals surface area contributed by atoms with Crippen LogP contribution < -0.4 is 5.32 Å². The summed E-state index contributed by atoms with van der Waals surface area (Å²) in [5.74, 6) is 0. The number of thiophene rings is 1. The fourth-order valence-electron chi connectivity index (χ4n) is 2.83. The topological polar surface area (TPSA) is 42.7 Å². The molecule has 0 amide bonds. The average molecular weight is 276 g/mol. The third-order valence-corrected chi connectivity index (χ3v) is 5.19. The summed E-state index contributed by atoms with van der Waals surface area (Å²) < 4.78 is 1.85. The highest BCUT2D eigenvalue weighted by Gasteiger charge is 2.21. The first-order valence-electron chi connectivity index (χ1n) is 6.93. The first kappa shape index (κ1) is 12.8. The molecule has 1 aliphatic rings. The van der Waals surface area contributed by atoms with Crippen LogP contribution in [0.4, 0.5) is 0 Å². The summed E-state index contributed by atoms with van der Waals surface area (Å²) in [5.41, 5.74) is 2.69. The largest absolute Gasteiger partial charge is 0.307 e. The summed E-state index contributed by atoms with van der Waals surface area (Å²) in [7, 11) is 3.95. The fourth-order valence-corrected chi connectivity index (χ4v) is 4.21. The van der Waals surface area contributed by atoms with Crippen molar-refractivity contribution >= 4 is 11.3 Å². The van der Waals surface area contributed by atoms with Gasteiger partial charge in [0.25, 0.3) is 0 Å². The molecule has 0 saturated heterocycles. The summed E-state index contributed by atoms with van der Waals surface area (Å²) in [4.78, 5) is 2.97. The first-order chi connectivity index (χ1) is 9.29. The zero-order valence-electron chi connectivity index (χ0n) is 11.5. The SMILES string of the molecule is CNC(c1cc2c(s1)CCCCC2)c1cnnn1C. The average Bonchev–Trinajstić information content (AvgIpc) is 2.93. The van der Waals surface area contributed by atoms with Gasteiger partial charge in [-0.2, -0.15) is 0 Å². The van der Waals surface area contributed by atoms with Gasteiger partial charge in [0.15, 0.2) is 0 Å². The normalized spacial score (nSPS) is 16.9. The molecule has 0 spiro atoms. The third-order valence-electron chi connectivity index (χ3n) is 3.88. The van der Waals surface area contributed by atoms with E-state index < -0.39 is 0 Å². The minimum Gasteiger partial charge on any atom is -0.307 e. The fraction of sp³-hybridized carbons (Fsp3) is 0.571. The minimum atomic E-state index is 0.205. The molecule has 1 atom stereocenters. The van der Waals surface area contributed by atoms with E-state index in [2.05, 4.69) is 21.7 Å². The third kappa shape index (κ3) is 2.44. The van der Waals surface area contributed by atoms with Crippen molar-refractivity contribution in [1.29, 1.82) is 0 Å². The molecule has 0 aliphatic heterocycles. The molecule has 1 N–H and O–H groups in total. The Hall–Kier alpha value is -1.20. The monoisotopic (exact) mass is 276 g/mol. The number of nitrogens with zero attached hydrogens (tertiary/aromatic N) is 3. The van der Waals surface area contributed by atoms with Gasteiger partial charge in [-0.1, -0.05) is 11.6 Å². The Kier molecular flexibility index (Phi) is 3.66. The predicted molar refractivity (Wildman–Crippen MR) is 77.5 cm³/mol. The molecule has 1 aliphatic carbocycles. The zero-order chi connectivity index (χ0) is 13.2. The molecule has 0 radical (unpaired) electrons. The maximum atomic E-state index is 4.04. The first-order valence-corrected chi connectivity index (χ1v) is 7.74. The van der Waals surface area contributed by atoms with Gasteiger partial charge in [-0.05, 0) is 44.4 Å². The van der Waals surface area contributed by atoms with Crippen LogP contribution >= 0.6 is 11.3 Å². The summed E-state index contributed by atoms with van der Waals surface area (Å²) in [6.07, 6.45) is 8.39. The molecular formula is C14H20N4S. The van der Waals surface area contributed by atoms with Crippen LogP contribution in [-0.4, -0.2) is 22.0 Å². The lowest BCUT2D eigenvalue weighted by Crippen LogP contribution is -2.19. The molecule has 3 rings (SSSR count). The summed E-state index contributed by atoms with van der Waals surface area (Å²) in [5, 5.41) is 11.4. The summed E-state index contributed by atoms with van der Waals surface area (Å²) in [6.45, 7) is 0. The summed E-state index contributed by atoms with van der Waals surface area (Å²) >= 11 is 1.96. The lowest BCUT2D eigenvalue weighted by atomic mass is 10.1. The van der Waals surface area contributed by atoms with Crippen molar-refractivity contribution in [2.45, 2.75) is 38.1 Å². The molecule has 0 bridgehead atoms. The zero-order valence-corrected chi connectivity index (χ0v) is 12.3. The van der Waals surface area contributed by atoms with Crippen LogP contribution in [-0.2, 0) is 19.9 Å². The van der Waals surface area contributed by atoms with Crippen LogP contribution in [0.3, 0.4) is 0 Å². The molecule has 2 heterocycles. The lowest BCUT2D eigenvalue weighted by molar-refractivity contribution is 0.603. The Morgan fingerprint density at radius 1 is 1.32 bits per heavy atom. The van der Waals surface area contributed by atoms with Crippen LogP contribution in [0.1, 0.15) is 46.3 Å². The smallest absolute Gasteiger partial charge is 0.0856 e.